The molecule has 146 valence electrons. The zero-order valence-corrected chi connectivity index (χ0v) is 17.7. The number of rotatable bonds is 3. The van der Waals surface area contributed by atoms with Gasteiger partial charge in [-0.25, -0.2) is 9.97 Å². The second-order valence-corrected chi connectivity index (χ2v) is 8.61. The molecule has 1 aliphatic heterocycles. The van der Waals surface area contributed by atoms with Gasteiger partial charge in [0.1, 0.15) is 17.0 Å². The number of aryl methyl sites for hydroxylation is 1. The van der Waals surface area contributed by atoms with Crippen LogP contribution in [0.5, 0.6) is 0 Å². The highest BCUT2D eigenvalue weighted by Gasteiger charge is 2.23. The van der Waals surface area contributed by atoms with Gasteiger partial charge in [-0.3, -0.25) is 4.79 Å². The fraction of sp³-hybridized carbons (Fsp3) is 0.381. The number of aromatic nitrogens is 2. The van der Waals surface area contributed by atoms with Crippen molar-refractivity contribution in [2.75, 3.05) is 23.3 Å². The van der Waals surface area contributed by atoms with Crippen molar-refractivity contribution >= 4 is 50.6 Å². The monoisotopic (exact) mass is 414 g/mol. The number of anilines is 2. The molecule has 3 heterocycles. The molecule has 0 saturated carbocycles. The molecule has 0 spiro atoms. The molecular weight excluding hydrogens is 392 g/mol. The quantitative estimate of drug-likeness (QED) is 0.606. The average Bonchev–Trinajstić information content (AvgIpc) is 2.86. The van der Waals surface area contributed by atoms with Crippen molar-refractivity contribution in [3.05, 3.63) is 45.6 Å². The molecule has 5 nitrogen and oxygen atoms in total. The van der Waals surface area contributed by atoms with Gasteiger partial charge < -0.3 is 10.2 Å². The first-order valence-electron chi connectivity index (χ1n) is 9.62. The lowest BCUT2D eigenvalue weighted by Gasteiger charge is -2.22. The Morgan fingerprint density at radius 2 is 1.86 bits per heavy atom. The van der Waals surface area contributed by atoms with Crippen LogP contribution in [0.3, 0.4) is 0 Å². The normalized spacial score (nSPS) is 14.9. The maximum Gasteiger partial charge on any atom is 0.266 e. The summed E-state index contributed by atoms with van der Waals surface area (Å²) >= 11 is 7.61. The number of amides is 1. The molecule has 0 atom stereocenters. The van der Waals surface area contributed by atoms with Crippen LogP contribution in [0.1, 0.15) is 46.5 Å². The Labute approximate surface area is 173 Å². The molecule has 3 aromatic rings. The number of halogens is 1. The van der Waals surface area contributed by atoms with Crippen LogP contribution < -0.4 is 10.2 Å². The summed E-state index contributed by atoms with van der Waals surface area (Å²) in [6.45, 7) is 5.90. The molecule has 1 fully saturated rings. The predicted octanol–water partition coefficient (Wildman–Crippen LogP) is 5.59. The summed E-state index contributed by atoms with van der Waals surface area (Å²) in [5, 5.41) is 4.64. The van der Waals surface area contributed by atoms with E-state index in [4.69, 9.17) is 11.6 Å². The van der Waals surface area contributed by atoms with Gasteiger partial charge in [-0.05, 0) is 49.9 Å². The Morgan fingerprint density at radius 1 is 1.11 bits per heavy atom. The molecule has 7 heteroatoms. The molecule has 0 radical (unpaired) electrons. The summed E-state index contributed by atoms with van der Waals surface area (Å²) in [6.07, 6.45) is 6.49. The number of benzene rings is 1. The highest BCUT2D eigenvalue weighted by atomic mass is 35.5. The highest BCUT2D eigenvalue weighted by Crippen LogP contribution is 2.36. The molecule has 1 aromatic carbocycles. The number of hydrogen-bond acceptors (Lipinski definition) is 5. The van der Waals surface area contributed by atoms with E-state index in [1.165, 1.54) is 37.0 Å². The Bertz CT molecular complexity index is 1020. The standard InChI is InChI=1S/C21H23ClN4OS/c1-13-15(22)8-7-9-16(13)25-20(27)18-14(2)17-19(23-12-24-21(17)28-18)26-10-5-3-4-6-11-26/h7-9,12H,3-6,10-11H2,1-2H3,(H,25,27). The van der Waals surface area contributed by atoms with Crippen molar-refractivity contribution in [3.8, 4) is 0 Å². The number of carbonyl (C=O) groups excluding carboxylic acids is 1. The van der Waals surface area contributed by atoms with Gasteiger partial charge in [0.25, 0.3) is 5.91 Å². The van der Waals surface area contributed by atoms with Crippen LogP contribution in [0, 0.1) is 13.8 Å². The van der Waals surface area contributed by atoms with Crippen LogP contribution >= 0.6 is 22.9 Å². The average molecular weight is 415 g/mol. The number of carbonyl (C=O) groups is 1. The topological polar surface area (TPSA) is 58.1 Å². The predicted molar refractivity (Wildman–Crippen MR) is 117 cm³/mol. The molecule has 1 aliphatic rings. The minimum atomic E-state index is -0.132. The molecule has 0 bridgehead atoms. The van der Waals surface area contributed by atoms with Crippen LogP contribution in [0.2, 0.25) is 5.02 Å². The number of fused-ring (bicyclic) bond motifs is 1. The molecule has 0 aliphatic carbocycles. The van der Waals surface area contributed by atoms with E-state index in [1.807, 2.05) is 32.0 Å². The lowest BCUT2D eigenvalue weighted by molar-refractivity contribution is 0.103. The van der Waals surface area contributed by atoms with E-state index in [2.05, 4.69) is 20.2 Å². The summed E-state index contributed by atoms with van der Waals surface area (Å²) in [7, 11) is 0. The van der Waals surface area contributed by atoms with E-state index in [1.54, 1.807) is 6.33 Å². The molecule has 1 N–H and O–H groups in total. The van der Waals surface area contributed by atoms with E-state index in [0.29, 0.717) is 9.90 Å². The van der Waals surface area contributed by atoms with Gasteiger partial charge in [-0.15, -0.1) is 11.3 Å². The first kappa shape index (κ1) is 19.2. The van der Waals surface area contributed by atoms with Crippen molar-refractivity contribution in [2.24, 2.45) is 0 Å². The van der Waals surface area contributed by atoms with E-state index in [0.717, 1.165) is 45.9 Å². The van der Waals surface area contributed by atoms with Crippen LogP contribution in [0.4, 0.5) is 11.5 Å². The van der Waals surface area contributed by atoms with Crippen LogP contribution in [0.15, 0.2) is 24.5 Å². The summed E-state index contributed by atoms with van der Waals surface area (Å²) in [6, 6.07) is 5.52. The molecule has 4 rings (SSSR count). The van der Waals surface area contributed by atoms with Gasteiger partial charge in [-0.2, -0.15) is 0 Å². The van der Waals surface area contributed by atoms with Crippen LogP contribution in [-0.4, -0.2) is 29.0 Å². The Balaban J connectivity index is 1.70. The molecule has 1 saturated heterocycles. The number of thiophene rings is 1. The first-order chi connectivity index (χ1) is 13.6. The van der Waals surface area contributed by atoms with Gasteiger partial charge in [0.05, 0.1) is 10.3 Å². The van der Waals surface area contributed by atoms with Crippen molar-refractivity contribution in [3.63, 3.8) is 0 Å². The number of nitrogens with zero attached hydrogens (tertiary/aromatic N) is 3. The third kappa shape index (κ3) is 3.59. The number of hydrogen-bond donors (Lipinski definition) is 1. The van der Waals surface area contributed by atoms with Crippen molar-refractivity contribution < 1.29 is 4.79 Å². The first-order valence-corrected chi connectivity index (χ1v) is 10.8. The zero-order valence-electron chi connectivity index (χ0n) is 16.1. The maximum absolute atomic E-state index is 13.0. The summed E-state index contributed by atoms with van der Waals surface area (Å²) < 4.78 is 0. The van der Waals surface area contributed by atoms with Gasteiger partial charge in [0.2, 0.25) is 0 Å². The summed E-state index contributed by atoms with van der Waals surface area (Å²) in [5.41, 5.74) is 2.53. The summed E-state index contributed by atoms with van der Waals surface area (Å²) in [4.78, 5) is 25.9. The molecule has 0 unspecified atom stereocenters. The minimum absolute atomic E-state index is 0.132. The highest BCUT2D eigenvalue weighted by molar-refractivity contribution is 7.20. The second-order valence-electron chi connectivity index (χ2n) is 7.20. The molecule has 2 aromatic heterocycles. The largest absolute Gasteiger partial charge is 0.356 e. The van der Waals surface area contributed by atoms with Crippen molar-refractivity contribution in [2.45, 2.75) is 39.5 Å². The fourth-order valence-corrected chi connectivity index (χ4v) is 4.93. The zero-order chi connectivity index (χ0) is 19.7. The van der Waals surface area contributed by atoms with E-state index >= 15 is 0 Å². The lowest BCUT2D eigenvalue weighted by atomic mass is 10.1. The van der Waals surface area contributed by atoms with Gasteiger partial charge in [-0.1, -0.05) is 30.5 Å². The lowest BCUT2D eigenvalue weighted by Crippen LogP contribution is -2.25. The molecule has 1 amide bonds. The maximum atomic E-state index is 13.0. The Hall–Kier alpha value is -2.18. The van der Waals surface area contributed by atoms with Crippen LogP contribution in [0.25, 0.3) is 10.2 Å². The SMILES string of the molecule is Cc1c(Cl)cccc1NC(=O)c1sc2ncnc(N3CCCCCC3)c2c1C. The smallest absolute Gasteiger partial charge is 0.266 e. The Morgan fingerprint density at radius 3 is 2.61 bits per heavy atom. The summed E-state index contributed by atoms with van der Waals surface area (Å²) in [5.74, 6) is 0.825. The van der Waals surface area contributed by atoms with E-state index < -0.39 is 0 Å². The van der Waals surface area contributed by atoms with E-state index in [9.17, 15) is 4.79 Å². The van der Waals surface area contributed by atoms with Crippen molar-refractivity contribution in [1.29, 1.82) is 0 Å². The second kappa shape index (κ2) is 8.05. The number of nitrogens with one attached hydrogen (secondary N) is 1. The third-order valence-corrected chi connectivity index (χ3v) is 6.94. The minimum Gasteiger partial charge on any atom is -0.356 e. The van der Waals surface area contributed by atoms with E-state index in [-0.39, 0.29) is 5.91 Å². The van der Waals surface area contributed by atoms with Crippen LogP contribution in [-0.2, 0) is 0 Å². The third-order valence-electron chi connectivity index (χ3n) is 5.33. The molecule has 28 heavy (non-hydrogen) atoms. The van der Waals surface area contributed by atoms with Gasteiger partial charge in [0, 0.05) is 23.8 Å². The fourth-order valence-electron chi connectivity index (χ4n) is 3.71. The van der Waals surface area contributed by atoms with Crippen molar-refractivity contribution in [1.82, 2.24) is 9.97 Å². The van der Waals surface area contributed by atoms with Gasteiger partial charge >= 0.3 is 0 Å². The molecular formula is C21H23ClN4OS. The Kier molecular flexibility index (Phi) is 5.51. The van der Waals surface area contributed by atoms with Gasteiger partial charge in [0.15, 0.2) is 0 Å².